The Morgan fingerprint density at radius 1 is 1.29 bits per heavy atom. The van der Waals surface area contributed by atoms with E-state index in [9.17, 15) is 9.90 Å². The minimum atomic E-state index is -0.587. The molecule has 2 fully saturated rings. The average molecular weight is 239 g/mol. The summed E-state index contributed by atoms with van der Waals surface area (Å²) < 4.78 is 0. The fourth-order valence-electron chi connectivity index (χ4n) is 3.34. The molecule has 0 atom stereocenters. The lowest BCUT2D eigenvalue weighted by molar-refractivity contribution is -0.156. The number of rotatable bonds is 6. The molecule has 2 aliphatic rings. The second-order valence-electron chi connectivity index (χ2n) is 6.12. The third-order valence-electron chi connectivity index (χ3n) is 4.73. The van der Waals surface area contributed by atoms with Crippen molar-refractivity contribution < 1.29 is 9.90 Å². The zero-order chi connectivity index (χ0) is 12.3. The Bertz CT molecular complexity index is 267. The maximum atomic E-state index is 11.3. The van der Waals surface area contributed by atoms with Crippen LogP contribution in [0.4, 0.5) is 0 Å². The van der Waals surface area contributed by atoms with Gasteiger partial charge in [-0.05, 0) is 38.8 Å². The van der Waals surface area contributed by atoms with E-state index in [-0.39, 0.29) is 0 Å². The van der Waals surface area contributed by atoms with Crippen LogP contribution in [-0.4, -0.2) is 36.1 Å². The Morgan fingerprint density at radius 2 is 1.94 bits per heavy atom. The quantitative estimate of drug-likeness (QED) is 0.775. The van der Waals surface area contributed by atoms with Gasteiger partial charge >= 0.3 is 5.97 Å². The van der Waals surface area contributed by atoms with Crippen LogP contribution in [0.3, 0.4) is 0 Å². The van der Waals surface area contributed by atoms with Gasteiger partial charge in [0.25, 0.3) is 0 Å². The highest BCUT2D eigenvalue weighted by Crippen LogP contribution is 2.41. The van der Waals surface area contributed by atoms with Gasteiger partial charge in [-0.1, -0.05) is 32.1 Å². The van der Waals surface area contributed by atoms with Crippen molar-refractivity contribution in [2.75, 3.05) is 20.1 Å². The lowest BCUT2D eigenvalue weighted by Gasteiger charge is -2.40. The molecule has 98 valence electrons. The summed E-state index contributed by atoms with van der Waals surface area (Å²) in [6, 6.07) is 0. The first kappa shape index (κ1) is 12.9. The first-order chi connectivity index (χ1) is 8.12. The van der Waals surface area contributed by atoms with Gasteiger partial charge < -0.3 is 10.0 Å². The van der Waals surface area contributed by atoms with Gasteiger partial charge in [0, 0.05) is 6.54 Å². The van der Waals surface area contributed by atoms with E-state index < -0.39 is 11.4 Å². The first-order valence-electron chi connectivity index (χ1n) is 7.04. The second kappa shape index (κ2) is 5.38. The van der Waals surface area contributed by atoms with E-state index in [2.05, 4.69) is 11.9 Å². The Hall–Kier alpha value is -0.570. The highest BCUT2D eigenvalue weighted by atomic mass is 16.4. The predicted molar refractivity (Wildman–Crippen MR) is 68.0 cm³/mol. The average Bonchev–Trinajstić information content (AvgIpc) is 2.72. The molecule has 2 saturated carbocycles. The number of nitrogens with zero attached hydrogens (tertiary/aromatic N) is 1. The molecule has 2 aliphatic carbocycles. The third-order valence-corrected chi connectivity index (χ3v) is 4.73. The van der Waals surface area contributed by atoms with Crippen LogP contribution in [0, 0.1) is 11.3 Å². The van der Waals surface area contributed by atoms with Crippen LogP contribution in [0.25, 0.3) is 0 Å². The van der Waals surface area contributed by atoms with Crippen LogP contribution in [0.1, 0.15) is 51.4 Å². The predicted octanol–water partition coefficient (Wildman–Crippen LogP) is 2.75. The normalized spacial score (nSPS) is 23.9. The molecule has 3 heteroatoms. The molecular weight excluding hydrogens is 214 g/mol. The van der Waals surface area contributed by atoms with Gasteiger partial charge in [0.1, 0.15) is 0 Å². The van der Waals surface area contributed by atoms with E-state index >= 15 is 0 Å². The number of aliphatic carboxylic acids is 1. The monoisotopic (exact) mass is 239 g/mol. The Labute approximate surface area is 104 Å². The van der Waals surface area contributed by atoms with Gasteiger partial charge in [-0.2, -0.15) is 0 Å². The van der Waals surface area contributed by atoms with E-state index in [1.165, 1.54) is 32.1 Å². The van der Waals surface area contributed by atoms with Crippen LogP contribution in [-0.2, 0) is 4.79 Å². The molecule has 0 aromatic heterocycles. The third kappa shape index (κ3) is 3.01. The second-order valence-corrected chi connectivity index (χ2v) is 6.12. The Morgan fingerprint density at radius 3 is 2.41 bits per heavy atom. The minimum absolute atomic E-state index is 0.412. The van der Waals surface area contributed by atoms with E-state index in [4.69, 9.17) is 0 Å². The first-order valence-corrected chi connectivity index (χ1v) is 7.04. The molecule has 0 aromatic rings. The molecule has 0 heterocycles. The molecule has 0 aromatic carbocycles. The van der Waals surface area contributed by atoms with Gasteiger partial charge in [0.05, 0.1) is 5.41 Å². The minimum Gasteiger partial charge on any atom is -0.481 e. The van der Waals surface area contributed by atoms with Crippen LogP contribution in [0.5, 0.6) is 0 Å². The molecule has 2 rings (SSSR count). The molecule has 0 aliphatic heterocycles. The number of carboxylic acids is 1. The summed E-state index contributed by atoms with van der Waals surface area (Å²) in [6.07, 6.45) is 9.65. The maximum Gasteiger partial charge on any atom is 0.310 e. The van der Waals surface area contributed by atoms with Crippen molar-refractivity contribution in [1.82, 2.24) is 4.90 Å². The number of carboxylic acid groups (broad SMARTS) is 1. The molecule has 1 N–H and O–H groups in total. The number of hydrogen-bond donors (Lipinski definition) is 1. The van der Waals surface area contributed by atoms with Gasteiger partial charge in [-0.25, -0.2) is 0 Å². The molecule has 0 unspecified atom stereocenters. The van der Waals surface area contributed by atoms with Crippen LogP contribution in [0.15, 0.2) is 0 Å². The van der Waals surface area contributed by atoms with E-state index in [1.54, 1.807) is 0 Å². The number of carbonyl (C=O) groups is 1. The molecular formula is C14H25NO2. The summed E-state index contributed by atoms with van der Waals surface area (Å²) in [5, 5.41) is 9.29. The molecule has 0 bridgehead atoms. The summed E-state index contributed by atoms with van der Waals surface area (Å²) in [7, 11) is 2.08. The van der Waals surface area contributed by atoms with Gasteiger partial charge in [-0.15, -0.1) is 0 Å². The smallest absolute Gasteiger partial charge is 0.310 e. The topological polar surface area (TPSA) is 40.5 Å². The molecule has 17 heavy (non-hydrogen) atoms. The summed E-state index contributed by atoms with van der Waals surface area (Å²) >= 11 is 0. The van der Waals surface area contributed by atoms with Crippen molar-refractivity contribution in [3.8, 4) is 0 Å². The van der Waals surface area contributed by atoms with Crippen molar-refractivity contribution in [3.05, 3.63) is 0 Å². The molecule has 3 nitrogen and oxygen atoms in total. The SMILES string of the molecule is CN(CCC1CCCC1)CC1(C(=O)O)CCC1. The summed E-state index contributed by atoms with van der Waals surface area (Å²) in [5.41, 5.74) is -0.412. The van der Waals surface area contributed by atoms with Crippen molar-refractivity contribution in [2.45, 2.75) is 51.4 Å². The zero-order valence-electron chi connectivity index (χ0n) is 11.0. The van der Waals surface area contributed by atoms with Crippen LogP contribution < -0.4 is 0 Å². The fourth-order valence-corrected chi connectivity index (χ4v) is 3.34. The maximum absolute atomic E-state index is 11.3. The lowest BCUT2D eigenvalue weighted by atomic mass is 9.68. The van der Waals surface area contributed by atoms with E-state index in [1.807, 2.05) is 0 Å². The molecule has 0 saturated heterocycles. The van der Waals surface area contributed by atoms with Crippen molar-refractivity contribution in [1.29, 1.82) is 0 Å². The summed E-state index contributed by atoms with van der Waals surface area (Å²) in [4.78, 5) is 13.5. The molecule has 0 amide bonds. The van der Waals surface area contributed by atoms with Crippen molar-refractivity contribution in [2.24, 2.45) is 11.3 Å². The van der Waals surface area contributed by atoms with Crippen molar-refractivity contribution >= 4 is 5.97 Å². The van der Waals surface area contributed by atoms with Gasteiger partial charge in [0.15, 0.2) is 0 Å². The highest BCUT2D eigenvalue weighted by Gasteiger charge is 2.44. The van der Waals surface area contributed by atoms with Crippen molar-refractivity contribution in [3.63, 3.8) is 0 Å². The van der Waals surface area contributed by atoms with E-state index in [0.717, 1.165) is 38.3 Å². The largest absolute Gasteiger partial charge is 0.481 e. The van der Waals surface area contributed by atoms with Crippen LogP contribution >= 0.6 is 0 Å². The molecule has 0 radical (unpaired) electrons. The van der Waals surface area contributed by atoms with Crippen LogP contribution in [0.2, 0.25) is 0 Å². The zero-order valence-corrected chi connectivity index (χ0v) is 11.0. The fraction of sp³-hybridized carbons (Fsp3) is 0.929. The summed E-state index contributed by atoms with van der Waals surface area (Å²) in [6.45, 7) is 1.81. The summed E-state index contributed by atoms with van der Waals surface area (Å²) in [5.74, 6) is 0.316. The van der Waals surface area contributed by atoms with Gasteiger partial charge in [-0.3, -0.25) is 4.79 Å². The lowest BCUT2D eigenvalue weighted by Crippen LogP contribution is -2.47. The van der Waals surface area contributed by atoms with Gasteiger partial charge in [0.2, 0.25) is 0 Å². The van der Waals surface area contributed by atoms with E-state index in [0.29, 0.717) is 0 Å². The molecule has 0 spiro atoms. The Balaban J connectivity index is 1.72. The standard InChI is InChI=1S/C14H25NO2/c1-15(10-7-12-5-2-3-6-12)11-14(13(16)17)8-4-9-14/h12H,2-11H2,1H3,(H,16,17). The number of hydrogen-bond acceptors (Lipinski definition) is 2. The Kier molecular flexibility index (Phi) is 4.08. The highest BCUT2D eigenvalue weighted by molar-refractivity contribution is 5.76.